The first-order valence-corrected chi connectivity index (χ1v) is 6.03. The molecule has 0 radical (unpaired) electrons. The van der Waals surface area contributed by atoms with Crippen molar-refractivity contribution in [3.05, 3.63) is 17.0 Å². The standard InChI is InChI=1S/C12H20N4O.ClH/c1-8-7-16(6-5-13-8)12(17)11-9(2)14-15(4)10(11)3;/h8,13H,5-7H2,1-4H3;1H/t8-;/m1./s1. The van der Waals surface area contributed by atoms with Crippen molar-refractivity contribution in [1.82, 2.24) is 20.0 Å². The number of hydrogen-bond donors (Lipinski definition) is 1. The Kier molecular flexibility index (Phi) is 4.76. The van der Waals surface area contributed by atoms with E-state index in [0.29, 0.717) is 6.04 Å². The molecule has 1 aliphatic heterocycles. The molecule has 5 nitrogen and oxygen atoms in total. The molecule has 1 aromatic rings. The Morgan fingerprint density at radius 2 is 2.11 bits per heavy atom. The van der Waals surface area contributed by atoms with Crippen molar-refractivity contribution < 1.29 is 4.79 Å². The number of piperazine rings is 1. The molecule has 1 saturated heterocycles. The zero-order valence-corrected chi connectivity index (χ0v) is 12.2. The summed E-state index contributed by atoms with van der Waals surface area (Å²) in [7, 11) is 1.87. The molecule has 2 rings (SSSR count). The Bertz CT molecular complexity index is 444. The van der Waals surface area contributed by atoms with E-state index in [0.717, 1.165) is 36.6 Å². The number of amides is 1. The lowest BCUT2D eigenvalue weighted by molar-refractivity contribution is 0.0707. The van der Waals surface area contributed by atoms with E-state index in [1.807, 2.05) is 25.8 Å². The molecule has 1 amide bonds. The summed E-state index contributed by atoms with van der Waals surface area (Å²) in [6.07, 6.45) is 0. The van der Waals surface area contributed by atoms with E-state index in [1.165, 1.54) is 0 Å². The number of hydrogen-bond acceptors (Lipinski definition) is 3. The maximum absolute atomic E-state index is 12.4. The molecule has 0 unspecified atom stereocenters. The SMILES string of the molecule is Cc1nn(C)c(C)c1C(=O)N1CCN[C@H](C)C1.Cl. The van der Waals surface area contributed by atoms with Crippen LogP contribution in [0.25, 0.3) is 0 Å². The summed E-state index contributed by atoms with van der Waals surface area (Å²) < 4.78 is 1.77. The van der Waals surface area contributed by atoms with Crippen LogP contribution in [0.15, 0.2) is 0 Å². The van der Waals surface area contributed by atoms with E-state index < -0.39 is 0 Å². The van der Waals surface area contributed by atoms with Gasteiger partial charge in [0, 0.05) is 38.4 Å². The largest absolute Gasteiger partial charge is 0.336 e. The van der Waals surface area contributed by atoms with Gasteiger partial charge in [0.25, 0.3) is 5.91 Å². The van der Waals surface area contributed by atoms with E-state index >= 15 is 0 Å². The zero-order chi connectivity index (χ0) is 12.6. The minimum absolute atomic E-state index is 0. The summed E-state index contributed by atoms with van der Waals surface area (Å²) >= 11 is 0. The molecule has 1 fully saturated rings. The summed E-state index contributed by atoms with van der Waals surface area (Å²) in [5.41, 5.74) is 2.53. The zero-order valence-electron chi connectivity index (χ0n) is 11.4. The quantitative estimate of drug-likeness (QED) is 0.826. The Hall–Kier alpha value is -1.07. The molecule has 0 bridgehead atoms. The highest BCUT2D eigenvalue weighted by molar-refractivity contribution is 5.96. The number of aromatic nitrogens is 2. The molecule has 2 heterocycles. The van der Waals surface area contributed by atoms with Crippen molar-refractivity contribution in [2.75, 3.05) is 19.6 Å². The molecule has 0 saturated carbocycles. The normalized spacial score (nSPS) is 19.6. The predicted molar refractivity (Wildman–Crippen MR) is 73.3 cm³/mol. The Morgan fingerprint density at radius 3 is 2.61 bits per heavy atom. The van der Waals surface area contributed by atoms with Crippen LogP contribution in [-0.2, 0) is 7.05 Å². The average Bonchev–Trinajstić information content (AvgIpc) is 2.52. The predicted octanol–water partition coefficient (Wildman–Crippen LogP) is 0.893. The Morgan fingerprint density at radius 1 is 1.44 bits per heavy atom. The third-order valence-corrected chi connectivity index (χ3v) is 3.38. The van der Waals surface area contributed by atoms with Crippen molar-refractivity contribution in [3.63, 3.8) is 0 Å². The van der Waals surface area contributed by atoms with Gasteiger partial charge in [-0.15, -0.1) is 12.4 Å². The number of nitrogens with zero attached hydrogens (tertiary/aromatic N) is 3. The number of halogens is 1. The molecule has 1 N–H and O–H groups in total. The summed E-state index contributed by atoms with van der Waals surface area (Å²) in [5, 5.41) is 7.64. The number of carbonyl (C=O) groups is 1. The van der Waals surface area contributed by atoms with Crippen molar-refractivity contribution in [1.29, 1.82) is 0 Å². The molecule has 0 aromatic carbocycles. The number of rotatable bonds is 1. The van der Waals surface area contributed by atoms with E-state index in [4.69, 9.17) is 0 Å². The highest BCUT2D eigenvalue weighted by Gasteiger charge is 2.26. The van der Waals surface area contributed by atoms with Crippen LogP contribution >= 0.6 is 12.4 Å². The fourth-order valence-electron chi connectivity index (χ4n) is 2.36. The molecule has 1 aromatic heterocycles. The molecule has 1 aliphatic rings. The minimum Gasteiger partial charge on any atom is -0.336 e. The summed E-state index contributed by atoms with van der Waals surface area (Å²) in [4.78, 5) is 14.4. The van der Waals surface area contributed by atoms with Gasteiger partial charge in [0.15, 0.2) is 0 Å². The van der Waals surface area contributed by atoms with E-state index in [1.54, 1.807) is 4.68 Å². The maximum atomic E-state index is 12.4. The highest BCUT2D eigenvalue weighted by Crippen LogP contribution is 2.15. The van der Waals surface area contributed by atoms with Gasteiger partial charge >= 0.3 is 0 Å². The van der Waals surface area contributed by atoms with Gasteiger partial charge in [0.2, 0.25) is 0 Å². The molecule has 1 atom stereocenters. The van der Waals surface area contributed by atoms with Crippen LogP contribution in [0.4, 0.5) is 0 Å². The third-order valence-electron chi connectivity index (χ3n) is 3.38. The Balaban J connectivity index is 0.00000162. The second kappa shape index (κ2) is 5.71. The van der Waals surface area contributed by atoms with Crippen LogP contribution < -0.4 is 5.32 Å². The lowest BCUT2D eigenvalue weighted by Gasteiger charge is -2.32. The number of nitrogens with one attached hydrogen (secondary N) is 1. The average molecular weight is 273 g/mol. The van der Waals surface area contributed by atoms with Crippen LogP contribution in [0.2, 0.25) is 0 Å². The molecular formula is C12H21ClN4O. The van der Waals surface area contributed by atoms with Crippen molar-refractivity contribution >= 4 is 18.3 Å². The summed E-state index contributed by atoms with van der Waals surface area (Å²) in [6, 6.07) is 0.366. The number of aryl methyl sites for hydroxylation is 2. The summed E-state index contributed by atoms with van der Waals surface area (Å²) in [6.45, 7) is 8.35. The smallest absolute Gasteiger partial charge is 0.257 e. The van der Waals surface area contributed by atoms with Crippen LogP contribution in [0, 0.1) is 13.8 Å². The fourth-order valence-corrected chi connectivity index (χ4v) is 2.36. The Labute approximate surface area is 114 Å². The topological polar surface area (TPSA) is 50.2 Å². The second-order valence-corrected chi connectivity index (χ2v) is 4.78. The molecule has 6 heteroatoms. The van der Waals surface area contributed by atoms with Gasteiger partial charge in [-0.1, -0.05) is 0 Å². The highest BCUT2D eigenvalue weighted by atomic mass is 35.5. The fraction of sp³-hybridized carbons (Fsp3) is 0.667. The van der Waals surface area contributed by atoms with Gasteiger partial charge in [-0.3, -0.25) is 9.48 Å². The first kappa shape index (κ1) is 15.0. The minimum atomic E-state index is 0. The van der Waals surface area contributed by atoms with Gasteiger partial charge in [-0.2, -0.15) is 5.10 Å². The summed E-state index contributed by atoms with van der Waals surface area (Å²) in [5.74, 6) is 0.112. The maximum Gasteiger partial charge on any atom is 0.257 e. The van der Waals surface area contributed by atoms with Crippen LogP contribution in [0.5, 0.6) is 0 Å². The van der Waals surface area contributed by atoms with Crippen molar-refractivity contribution in [2.45, 2.75) is 26.8 Å². The lowest BCUT2D eigenvalue weighted by Crippen LogP contribution is -2.51. The van der Waals surface area contributed by atoms with E-state index in [-0.39, 0.29) is 18.3 Å². The number of carbonyl (C=O) groups excluding carboxylic acids is 1. The molecular weight excluding hydrogens is 252 g/mol. The van der Waals surface area contributed by atoms with Gasteiger partial charge in [-0.25, -0.2) is 0 Å². The first-order valence-electron chi connectivity index (χ1n) is 6.03. The van der Waals surface area contributed by atoms with Crippen molar-refractivity contribution in [2.24, 2.45) is 7.05 Å². The van der Waals surface area contributed by atoms with Gasteiger partial charge < -0.3 is 10.2 Å². The second-order valence-electron chi connectivity index (χ2n) is 4.78. The third kappa shape index (κ3) is 2.67. The monoisotopic (exact) mass is 272 g/mol. The lowest BCUT2D eigenvalue weighted by atomic mass is 10.1. The molecule has 102 valence electrons. The molecule has 0 spiro atoms. The van der Waals surface area contributed by atoms with Crippen molar-refractivity contribution in [3.8, 4) is 0 Å². The molecule has 0 aliphatic carbocycles. The van der Waals surface area contributed by atoms with Gasteiger partial charge in [-0.05, 0) is 20.8 Å². The first-order chi connectivity index (χ1) is 8.00. The van der Waals surface area contributed by atoms with Gasteiger partial charge in [0.05, 0.1) is 11.3 Å². The molecule has 18 heavy (non-hydrogen) atoms. The van der Waals surface area contributed by atoms with E-state index in [2.05, 4.69) is 17.3 Å². The van der Waals surface area contributed by atoms with Crippen LogP contribution in [0.3, 0.4) is 0 Å². The van der Waals surface area contributed by atoms with Crippen LogP contribution in [0.1, 0.15) is 28.7 Å². The van der Waals surface area contributed by atoms with E-state index in [9.17, 15) is 4.79 Å². The van der Waals surface area contributed by atoms with Gasteiger partial charge in [0.1, 0.15) is 0 Å². The van der Waals surface area contributed by atoms with Crippen LogP contribution in [-0.4, -0.2) is 46.3 Å².